The van der Waals surface area contributed by atoms with Crippen molar-refractivity contribution in [2.75, 3.05) is 6.54 Å². The number of carbonyl (C=O) groups excluding carboxylic acids is 1. The van der Waals surface area contributed by atoms with Crippen molar-refractivity contribution in [1.82, 2.24) is 5.32 Å². The summed E-state index contributed by atoms with van der Waals surface area (Å²) in [4.78, 5) is 11.4. The molecule has 0 fully saturated rings. The predicted octanol–water partition coefficient (Wildman–Crippen LogP) is 3.05. The van der Waals surface area contributed by atoms with Gasteiger partial charge in [-0.15, -0.1) is 0 Å². The molecule has 1 aromatic carbocycles. The second-order valence-electron chi connectivity index (χ2n) is 3.26. The first-order valence-electron chi connectivity index (χ1n) is 4.41. The van der Waals surface area contributed by atoms with Gasteiger partial charge in [-0.05, 0) is 24.6 Å². The molecule has 0 saturated carbocycles. The zero-order chi connectivity index (χ0) is 12.3. The first-order chi connectivity index (χ1) is 7.29. The standard InChI is InChI=1S/C10H9BrF3NO/c1-6-2-3-7(11)4-8(6)9(16)15-5-10(12,13)14/h2-4H,5H2,1H3,(H,15,16). The Morgan fingerprint density at radius 3 is 2.62 bits per heavy atom. The van der Waals surface area contributed by atoms with Crippen LogP contribution in [0.25, 0.3) is 0 Å². The summed E-state index contributed by atoms with van der Waals surface area (Å²) in [6.07, 6.45) is -4.39. The van der Waals surface area contributed by atoms with E-state index >= 15 is 0 Å². The molecule has 0 aliphatic rings. The minimum atomic E-state index is -4.39. The number of carbonyl (C=O) groups is 1. The van der Waals surface area contributed by atoms with Crippen molar-refractivity contribution in [3.8, 4) is 0 Å². The molecule has 0 atom stereocenters. The minimum Gasteiger partial charge on any atom is -0.343 e. The lowest BCUT2D eigenvalue weighted by Crippen LogP contribution is -2.34. The Morgan fingerprint density at radius 1 is 1.44 bits per heavy atom. The van der Waals surface area contributed by atoms with Gasteiger partial charge in [0.2, 0.25) is 0 Å². The Hall–Kier alpha value is -1.04. The summed E-state index contributed by atoms with van der Waals surface area (Å²) in [6, 6.07) is 4.86. The fourth-order valence-electron chi connectivity index (χ4n) is 1.11. The van der Waals surface area contributed by atoms with E-state index in [2.05, 4.69) is 15.9 Å². The van der Waals surface area contributed by atoms with E-state index in [0.29, 0.717) is 10.0 Å². The summed E-state index contributed by atoms with van der Waals surface area (Å²) in [5.74, 6) is -0.726. The van der Waals surface area contributed by atoms with Crippen LogP contribution in [0.1, 0.15) is 15.9 Å². The molecule has 88 valence electrons. The van der Waals surface area contributed by atoms with E-state index in [4.69, 9.17) is 0 Å². The van der Waals surface area contributed by atoms with Crippen molar-refractivity contribution < 1.29 is 18.0 Å². The molecule has 2 nitrogen and oxygen atoms in total. The van der Waals surface area contributed by atoms with Gasteiger partial charge in [-0.25, -0.2) is 0 Å². The number of hydrogen-bond acceptors (Lipinski definition) is 1. The third-order valence-electron chi connectivity index (χ3n) is 1.89. The molecular weight excluding hydrogens is 287 g/mol. The van der Waals surface area contributed by atoms with E-state index in [1.807, 2.05) is 5.32 Å². The maximum Gasteiger partial charge on any atom is 0.405 e. The zero-order valence-electron chi connectivity index (χ0n) is 8.36. The van der Waals surface area contributed by atoms with Crippen LogP contribution in [-0.4, -0.2) is 18.6 Å². The Balaban J connectivity index is 2.77. The fourth-order valence-corrected chi connectivity index (χ4v) is 1.48. The number of amides is 1. The van der Waals surface area contributed by atoms with Gasteiger partial charge in [-0.2, -0.15) is 13.2 Å². The summed E-state index contributed by atoms with van der Waals surface area (Å²) in [5, 5.41) is 1.82. The molecule has 0 aliphatic heterocycles. The van der Waals surface area contributed by atoms with Gasteiger partial charge in [-0.3, -0.25) is 4.79 Å². The second-order valence-corrected chi connectivity index (χ2v) is 4.17. The van der Waals surface area contributed by atoms with Gasteiger partial charge >= 0.3 is 6.18 Å². The van der Waals surface area contributed by atoms with Crippen molar-refractivity contribution in [2.24, 2.45) is 0 Å². The Labute approximate surface area is 99.0 Å². The molecule has 1 amide bonds. The second kappa shape index (κ2) is 4.86. The van der Waals surface area contributed by atoms with Crippen LogP contribution in [0.15, 0.2) is 22.7 Å². The van der Waals surface area contributed by atoms with Crippen molar-refractivity contribution in [3.05, 3.63) is 33.8 Å². The van der Waals surface area contributed by atoms with Crippen molar-refractivity contribution in [2.45, 2.75) is 13.1 Å². The molecule has 1 N–H and O–H groups in total. The van der Waals surface area contributed by atoms with E-state index in [1.54, 1.807) is 19.1 Å². The minimum absolute atomic E-state index is 0.235. The predicted molar refractivity (Wildman–Crippen MR) is 57.3 cm³/mol. The van der Waals surface area contributed by atoms with Gasteiger partial charge in [0, 0.05) is 10.0 Å². The average molecular weight is 296 g/mol. The van der Waals surface area contributed by atoms with Crippen LogP contribution >= 0.6 is 15.9 Å². The SMILES string of the molecule is Cc1ccc(Br)cc1C(=O)NCC(F)(F)F. The molecule has 16 heavy (non-hydrogen) atoms. The lowest BCUT2D eigenvalue weighted by Gasteiger charge is -2.10. The quantitative estimate of drug-likeness (QED) is 0.893. The number of hydrogen-bond donors (Lipinski definition) is 1. The van der Waals surface area contributed by atoms with E-state index < -0.39 is 18.6 Å². The van der Waals surface area contributed by atoms with Gasteiger partial charge in [-0.1, -0.05) is 22.0 Å². The van der Waals surface area contributed by atoms with Crippen LogP contribution in [0.4, 0.5) is 13.2 Å². The first kappa shape index (κ1) is 13.0. The van der Waals surface area contributed by atoms with Gasteiger partial charge in [0.05, 0.1) is 0 Å². The summed E-state index contributed by atoms with van der Waals surface area (Å²) in [5.41, 5.74) is 0.862. The van der Waals surface area contributed by atoms with Crippen molar-refractivity contribution >= 4 is 21.8 Å². The lowest BCUT2D eigenvalue weighted by atomic mass is 10.1. The summed E-state index contributed by atoms with van der Waals surface area (Å²) >= 11 is 3.15. The van der Waals surface area contributed by atoms with Crippen LogP contribution < -0.4 is 5.32 Å². The highest BCUT2D eigenvalue weighted by atomic mass is 79.9. The van der Waals surface area contributed by atoms with Crippen LogP contribution in [0.2, 0.25) is 0 Å². The first-order valence-corrected chi connectivity index (χ1v) is 5.20. The molecule has 1 aromatic rings. The number of benzene rings is 1. The number of aryl methyl sites for hydroxylation is 1. The van der Waals surface area contributed by atoms with Crippen molar-refractivity contribution in [3.63, 3.8) is 0 Å². The number of nitrogens with one attached hydrogen (secondary N) is 1. The Morgan fingerprint density at radius 2 is 2.06 bits per heavy atom. The number of rotatable bonds is 2. The number of alkyl halides is 3. The Kier molecular flexibility index (Phi) is 3.96. The van der Waals surface area contributed by atoms with Gasteiger partial charge in [0.25, 0.3) is 5.91 Å². The van der Waals surface area contributed by atoms with Crippen LogP contribution in [-0.2, 0) is 0 Å². The highest BCUT2D eigenvalue weighted by molar-refractivity contribution is 9.10. The highest BCUT2D eigenvalue weighted by Gasteiger charge is 2.28. The summed E-state index contributed by atoms with van der Waals surface area (Å²) in [7, 11) is 0. The third-order valence-corrected chi connectivity index (χ3v) is 2.39. The summed E-state index contributed by atoms with van der Waals surface area (Å²) < 4.78 is 36.3. The topological polar surface area (TPSA) is 29.1 Å². The molecule has 0 radical (unpaired) electrons. The van der Waals surface area contributed by atoms with Gasteiger partial charge in [0.1, 0.15) is 6.54 Å². The molecule has 0 aliphatic carbocycles. The maximum atomic E-state index is 11.9. The molecule has 6 heteroatoms. The highest BCUT2D eigenvalue weighted by Crippen LogP contribution is 2.17. The molecule has 1 rings (SSSR count). The Bertz CT molecular complexity index is 404. The van der Waals surface area contributed by atoms with Crippen LogP contribution in [0.5, 0.6) is 0 Å². The van der Waals surface area contributed by atoms with E-state index in [9.17, 15) is 18.0 Å². The van der Waals surface area contributed by atoms with E-state index in [1.165, 1.54) is 6.07 Å². The smallest absolute Gasteiger partial charge is 0.343 e. The lowest BCUT2D eigenvalue weighted by molar-refractivity contribution is -0.123. The average Bonchev–Trinajstić information content (AvgIpc) is 2.17. The molecule has 0 saturated heterocycles. The van der Waals surface area contributed by atoms with Crippen molar-refractivity contribution in [1.29, 1.82) is 0 Å². The largest absolute Gasteiger partial charge is 0.405 e. The molecule has 0 bridgehead atoms. The monoisotopic (exact) mass is 295 g/mol. The summed E-state index contributed by atoms with van der Waals surface area (Å²) in [6.45, 7) is 0.340. The molecule has 0 unspecified atom stereocenters. The van der Waals surface area contributed by atoms with E-state index in [-0.39, 0.29) is 5.56 Å². The van der Waals surface area contributed by atoms with E-state index in [0.717, 1.165) is 0 Å². The molecule has 0 heterocycles. The maximum absolute atomic E-state index is 11.9. The molecule has 0 spiro atoms. The third kappa shape index (κ3) is 3.84. The molecule has 0 aromatic heterocycles. The van der Waals surface area contributed by atoms with Crippen LogP contribution in [0, 0.1) is 6.92 Å². The zero-order valence-corrected chi connectivity index (χ0v) is 9.95. The number of halogens is 4. The van der Waals surface area contributed by atoms with Gasteiger partial charge < -0.3 is 5.32 Å². The fraction of sp³-hybridized carbons (Fsp3) is 0.300. The van der Waals surface area contributed by atoms with Crippen LogP contribution in [0.3, 0.4) is 0 Å². The molecular formula is C10H9BrF3NO. The van der Waals surface area contributed by atoms with Gasteiger partial charge in [0.15, 0.2) is 0 Å². The normalized spacial score (nSPS) is 11.3.